The quantitative estimate of drug-likeness (QED) is 0.429. The van der Waals surface area contributed by atoms with Crippen LogP contribution >= 0.6 is 0 Å². The second-order valence-corrected chi connectivity index (χ2v) is 2.22. The molecule has 0 bridgehead atoms. The lowest BCUT2D eigenvalue weighted by Gasteiger charge is -1.83. The van der Waals surface area contributed by atoms with Gasteiger partial charge in [-0.1, -0.05) is 24.3 Å². The number of allylic oxidation sites excluding steroid dienone is 5. The van der Waals surface area contributed by atoms with Gasteiger partial charge in [0.25, 0.3) is 0 Å². The molecule has 0 heterocycles. The van der Waals surface area contributed by atoms with Gasteiger partial charge in [0.05, 0.1) is 0 Å². The largest absolute Gasteiger partial charge is 0.290 e. The highest BCUT2D eigenvalue weighted by Crippen LogP contribution is 1.90. The highest BCUT2D eigenvalue weighted by Gasteiger charge is 1.86. The average Bonchev–Trinajstić information content (AvgIpc) is 1.82. The maximum atomic E-state index is 10.8. The lowest BCUT2D eigenvalue weighted by molar-refractivity contribution is -0.110. The van der Waals surface area contributed by atoms with E-state index in [1.54, 1.807) is 18.2 Å². The maximum absolute atomic E-state index is 10.8. The minimum absolute atomic E-state index is 0.0138. The molecule has 0 aliphatic carbocycles. The van der Waals surface area contributed by atoms with Gasteiger partial charge in [0.1, 0.15) is 0 Å². The molecule has 0 spiro atoms. The number of ketones is 1. The van der Waals surface area contributed by atoms with E-state index >= 15 is 0 Å². The molecule has 0 aromatic carbocycles. The second-order valence-electron chi connectivity index (χ2n) is 2.22. The van der Waals surface area contributed by atoms with E-state index < -0.39 is 0 Å². The van der Waals surface area contributed by atoms with E-state index in [1.807, 2.05) is 13.8 Å². The summed E-state index contributed by atoms with van der Waals surface area (Å²) in [5, 5.41) is 0. The van der Waals surface area contributed by atoms with E-state index in [9.17, 15) is 4.79 Å². The van der Waals surface area contributed by atoms with Crippen molar-refractivity contribution >= 4 is 5.78 Å². The lowest BCUT2D eigenvalue weighted by Crippen LogP contribution is -1.84. The highest BCUT2D eigenvalue weighted by molar-refractivity contribution is 5.99. The average molecular weight is 136 g/mol. The molecule has 0 rings (SSSR count). The molecule has 0 saturated carbocycles. The van der Waals surface area contributed by atoms with Gasteiger partial charge >= 0.3 is 0 Å². The summed E-state index contributed by atoms with van der Waals surface area (Å²) in [6.07, 6.45) is 6.28. The number of rotatable bonds is 3. The topological polar surface area (TPSA) is 17.1 Å². The zero-order valence-electron chi connectivity index (χ0n) is 6.42. The first kappa shape index (κ1) is 8.89. The molecule has 0 fully saturated rings. The van der Waals surface area contributed by atoms with Crippen molar-refractivity contribution < 1.29 is 4.79 Å². The first-order valence-corrected chi connectivity index (χ1v) is 3.15. The number of carbonyl (C=O) groups excluding carboxylic acids is 1. The van der Waals surface area contributed by atoms with Crippen molar-refractivity contribution in [2.75, 3.05) is 0 Å². The SMILES string of the molecule is C=C/C=C/C(=O)C=C(C)C. The van der Waals surface area contributed by atoms with Gasteiger partial charge in [0.15, 0.2) is 5.78 Å². The van der Waals surface area contributed by atoms with Crippen LogP contribution in [0.2, 0.25) is 0 Å². The summed E-state index contributed by atoms with van der Waals surface area (Å²) >= 11 is 0. The van der Waals surface area contributed by atoms with Crippen molar-refractivity contribution in [2.45, 2.75) is 13.8 Å². The molecule has 0 aliphatic rings. The Bertz CT molecular complexity index is 181. The molecule has 1 heteroatoms. The van der Waals surface area contributed by atoms with Gasteiger partial charge in [-0.15, -0.1) is 0 Å². The molecule has 10 heavy (non-hydrogen) atoms. The summed E-state index contributed by atoms with van der Waals surface area (Å²) < 4.78 is 0. The van der Waals surface area contributed by atoms with Crippen molar-refractivity contribution in [3.63, 3.8) is 0 Å². The molecule has 0 unspecified atom stereocenters. The third-order valence-corrected chi connectivity index (χ3v) is 0.828. The molecule has 0 aromatic rings. The van der Waals surface area contributed by atoms with Gasteiger partial charge in [-0.3, -0.25) is 4.79 Å². The van der Waals surface area contributed by atoms with Crippen LogP contribution in [0.15, 0.2) is 36.5 Å². The number of carbonyl (C=O) groups is 1. The Labute approximate surface area is 61.8 Å². The van der Waals surface area contributed by atoms with Crippen LogP contribution in [0.5, 0.6) is 0 Å². The van der Waals surface area contributed by atoms with Crippen LogP contribution < -0.4 is 0 Å². The van der Waals surface area contributed by atoms with Crippen molar-refractivity contribution in [1.82, 2.24) is 0 Å². The Hall–Kier alpha value is -1.11. The molecule has 0 radical (unpaired) electrons. The van der Waals surface area contributed by atoms with Crippen LogP contribution in [-0.2, 0) is 4.79 Å². The summed E-state index contributed by atoms with van der Waals surface area (Å²) in [7, 11) is 0. The van der Waals surface area contributed by atoms with Crippen LogP contribution in [0.1, 0.15) is 13.8 Å². The summed E-state index contributed by atoms with van der Waals surface area (Å²) in [6.45, 7) is 7.23. The molecule has 54 valence electrons. The lowest BCUT2D eigenvalue weighted by atomic mass is 10.2. The van der Waals surface area contributed by atoms with Crippen molar-refractivity contribution in [1.29, 1.82) is 0 Å². The number of hydrogen-bond donors (Lipinski definition) is 0. The Morgan fingerprint density at radius 2 is 2.00 bits per heavy atom. The van der Waals surface area contributed by atoms with Gasteiger partial charge in [0, 0.05) is 0 Å². The fourth-order valence-corrected chi connectivity index (χ4v) is 0.496. The Morgan fingerprint density at radius 1 is 1.40 bits per heavy atom. The van der Waals surface area contributed by atoms with Gasteiger partial charge in [-0.05, 0) is 26.0 Å². The van der Waals surface area contributed by atoms with E-state index in [-0.39, 0.29) is 5.78 Å². The third-order valence-electron chi connectivity index (χ3n) is 0.828. The molecule has 0 aliphatic heterocycles. The molecule has 0 saturated heterocycles. The first-order chi connectivity index (χ1) is 4.66. The maximum Gasteiger partial charge on any atom is 0.178 e. The summed E-state index contributed by atoms with van der Waals surface area (Å²) in [5.41, 5.74) is 1.01. The molecule has 0 atom stereocenters. The van der Waals surface area contributed by atoms with Crippen LogP contribution in [0, 0.1) is 0 Å². The minimum Gasteiger partial charge on any atom is -0.290 e. The zero-order valence-corrected chi connectivity index (χ0v) is 6.42. The summed E-state index contributed by atoms with van der Waals surface area (Å²) in [6, 6.07) is 0. The van der Waals surface area contributed by atoms with Crippen LogP contribution in [0.25, 0.3) is 0 Å². The second kappa shape index (κ2) is 4.74. The Balaban J connectivity index is 3.99. The van der Waals surface area contributed by atoms with Crippen molar-refractivity contribution in [2.24, 2.45) is 0 Å². The van der Waals surface area contributed by atoms with Crippen LogP contribution in [0.4, 0.5) is 0 Å². The Morgan fingerprint density at radius 3 is 2.40 bits per heavy atom. The molecule has 0 amide bonds. The van der Waals surface area contributed by atoms with Crippen LogP contribution in [-0.4, -0.2) is 5.78 Å². The Kier molecular flexibility index (Phi) is 4.21. The molecular formula is C9H12O. The van der Waals surface area contributed by atoms with E-state index in [4.69, 9.17) is 0 Å². The van der Waals surface area contributed by atoms with Crippen molar-refractivity contribution in [3.05, 3.63) is 36.5 Å². The zero-order chi connectivity index (χ0) is 7.98. The van der Waals surface area contributed by atoms with E-state index in [0.717, 1.165) is 5.57 Å². The molecule has 0 N–H and O–H groups in total. The van der Waals surface area contributed by atoms with Gasteiger partial charge in [0.2, 0.25) is 0 Å². The van der Waals surface area contributed by atoms with E-state index in [0.29, 0.717) is 0 Å². The predicted molar refractivity (Wildman–Crippen MR) is 43.8 cm³/mol. The van der Waals surface area contributed by atoms with Gasteiger partial charge in [-0.2, -0.15) is 0 Å². The minimum atomic E-state index is 0.0138. The first-order valence-electron chi connectivity index (χ1n) is 3.15. The van der Waals surface area contributed by atoms with Gasteiger partial charge < -0.3 is 0 Å². The van der Waals surface area contributed by atoms with E-state index in [2.05, 4.69) is 6.58 Å². The monoisotopic (exact) mass is 136 g/mol. The normalized spacial score (nSPS) is 9.40. The van der Waals surface area contributed by atoms with Crippen LogP contribution in [0.3, 0.4) is 0 Å². The standard InChI is InChI=1S/C9H12O/c1-4-5-6-9(10)7-8(2)3/h4-7H,1H2,2-3H3/b6-5+. The van der Waals surface area contributed by atoms with Gasteiger partial charge in [-0.25, -0.2) is 0 Å². The predicted octanol–water partition coefficient (Wildman–Crippen LogP) is 2.26. The summed E-state index contributed by atoms with van der Waals surface area (Å²) in [4.78, 5) is 10.8. The third kappa shape index (κ3) is 5.04. The molecule has 1 nitrogen and oxygen atoms in total. The fraction of sp³-hybridized carbons (Fsp3) is 0.222. The highest BCUT2D eigenvalue weighted by atomic mass is 16.1. The smallest absolute Gasteiger partial charge is 0.178 e. The van der Waals surface area contributed by atoms with E-state index in [1.165, 1.54) is 6.08 Å². The molecular weight excluding hydrogens is 124 g/mol. The number of hydrogen-bond acceptors (Lipinski definition) is 1. The molecule has 0 aromatic heterocycles. The van der Waals surface area contributed by atoms with Crippen molar-refractivity contribution in [3.8, 4) is 0 Å². The fourth-order valence-electron chi connectivity index (χ4n) is 0.496. The summed E-state index contributed by atoms with van der Waals surface area (Å²) in [5.74, 6) is 0.0138.